The fraction of sp³-hybridized carbons (Fsp3) is 0.409. The molecule has 0 saturated carbocycles. The number of benzene rings is 2. The molecule has 0 atom stereocenters. The molecule has 0 aromatic heterocycles. The summed E-state index contributed by atoms with van der Waals surface area (Å²) < 4.78 is 64.4. The van der Waals surface area contributed by atoms with Crippen LogP contribution in [0.3, 0.4) is 0 Å². The first-order chi connectivity index (χ1) is 15.3. The third-order valence-corrected chi connectivity index (χ3v) is 7.63. The molecule has 2 heterocycles. The Labute approximate surface area is 185 Å². The second-order valence-electron chi connectivity index (χ2n) is 7.93. The van der Waals surface area contributed by atoms with Gasteiger partial charge in [0.1, 0.15) is 13.2 Å². The average Bonchev–Trinajstić information content (AvgIpc) is 2.80. The van der Waals surface area contributed by atoms with Crippen LogP contribution in [0.4, 0.5) is 8.78 Å². The van der Waals surface area contributed by atoms with Gasteiger partial charge in [-0.15, -0.1) is 0 Å². The molecule has 2 aromatic carbocycles. The van der Waals surface area contributed by atoms with E-state index in [-0.39, 0.29) is 29.8 Å². The first-order valence-electron chi connectivity index (χ1n) is 10.3. The van der Waals surface area contributed by atoms with Crippen molar-refractivity contribution in [3.63, 3.8) is 0 Å². The van der Waals surface area contributed by atoms with Gasteiger partial charge >= 0.3 is 0 Å². The van der Waals surface area contributed by atoms with E-state index in [1.807, 2.05) is 18.2 Å². The van der Waals surface area contributed by atoms with Gasteiger partial charge in [-0.2, -0.15) is 4.31 Å². The van der Waals surface area contributed by atoms with Crippen LogP contribution in [0.1, 0.15) is 18.4 Å². The van der Waals surface area contributed by atoms with Gasteiger partial charge in [-0.25, -0.2) is 17.2 Å². The molecule has 172 valence electrons. The molecule has 0 N–H and O–H groups in total. The van der Waals surface area contributed by atoms with Crippen LogP contribution in [0.15, 0.2) is 41.3 Å². The summed E-state index contributed by atoms with van der Waals surface area (Å²) in [5, 5.41) is 0. The summed E-state index contributed by atoms with van der Waals surface area (Å²) in [6.07, 6.45) is 0.709. The van der Waals surface area contributed by atoms with E-state index in [1.54, 1.807) is 11.9 Å². The highest BCUT2D eigenvalue weighted by Crippen LogP contribution is 2.31. The van der Waals surface area contributed by atoms with E-state index in [1.165, 1.54) is 4.31 Å². The molecular formula is C22H24F2N2O5S. The van der Waals surface area contributed by atoms with Gasteiger partial charge in [0, 0.05) is 32.6 Å². The number of ether oxygens (including phenoxy) is 2. The highest BCUT2D eigenvalue weighted by molar-refractivity contribution is 7.89. The Kier molecular flexibility index (Phi) is 6.34. The minimum absolute atomic E-state index is 0.0650. The number of piperidine rings is 1. The molecule has 0 unspecified atom stereocenters. The highest BCUT2D eigenvalue weighted by atomic mass is 32.2. The Morgan fingerprint density at radius 1 is 1.03 bits per heavy atom. The summed E-state index contributed by atoms with van der Waals surface area (Å²) in [5.41, 5.74) is 0.906. The lowest BCUT2D eigenvalue weighted by molar-refractivity contribution is -0.135. The predicted molar refractivity (Wildman–Crippen MR) is 112 cm³/mol. The summed E-state index contributed by atoms with van der Waals surface area (Å²) in [6.45, 7) is 1.65. The Bertz CT molecular complexity index is 1120. The molecule has 1 amide bonds. The van der Waals surface area contributed by atoms with E-state index in [0.717, 1.165) is 17.7 Å². The number of halogens is 2. The van der Waals surface area contributed by atoms with Crippen LogP contribution >= 0.6 is 0 Å². The Morgan fingerprint density at radius 3 is 2.41 bits per heavy atom. The maximum absolute atomic E-state index is 13.5. The normalized spacial score (nSPS) is 17.2. The SMILES string of the molecule is CN(Cc1ccc2c(c1)OCCO2)C(=O)C1CCN(S(=O)(=O)c2ccc(F)c(F)c2)CC1. The predicted octanol–water partition coefficient (Wildman–Crippen LogP) is 2.80. The molecule has 0 spiro atoms. The van der Waals surface area contributed by atoms with Crippen molar-refractivity contribution in [2.75, 3.05) is 33.4 Å². The average molecular weight is 467 g/mol. The van der Waals surface area contributed by atoms with Gasteiger partial charge in [-0.05, 0) is 48.7 Å². The van der Waals surface area contributed by atoms with E-state index >= 15 is 0 Å². The van der Waals surface area contributed by atoms with Crippen LogP contribution in [-0.4, -0.2) is 56.9 Å². The molecule has 4 rings (SSSR count). The van der Waals surface area contributed by atoms with Crippen molar-refractivity contribution in [3.05, 3.63) is 53.6 Å². The van der Waals surface area contributed by atoms with Gasteiger partial charge in [0.25, 0.3) is 0 Å². The maximum atomic E-state index is 13.5. The zero-order chi connectivity index (χ0) is 22.9. The minimum atomic E-state index is -3.95. The number of rotatable bonds is 5. The van der Waals surface area contributed by atoms with Gasteiger partial charge < -0.3 is 14.4 Å². The molecule has 2 aliphatic rings. The molecule has 2 aromatic rings. The van der Waals surface area contributed by atoms with E-state index in [4.69, 9.17) is 9.47 Å². The number of carbonyl (C=O) groups is 1. The smallest absolute Gasteiger partial charge is 0.243 e. The largest absolute Gasteiger partial charge is 0.486 e. The molecule has 10 heteroatoms. The van der Waals surface area contributed by atoms with Crippen molar-refractivity contribution >= 4 is 15.9 Å². The third-order valence-electron chi connectivity index (χ3n) is 5.73. The van der Waals surface area contributed by atoms with E-state index in [0.29, 0.717) is 50.2 Å². The number of hydrogen-bond donors (Lipinski definition) is 0. The highest BCUT2D eigenvalue weighted by Gasteiger charge is 2.33. The zero-order valence-corrected chi connectivity index (χ0v) is 18.4. The number of hydrogen-bond acceptors (Lipinski definition) is 5. The first kappa shape index (κ1) is 22.5. The number of sulfonamides is 1. The Balaban J connectivity index is 1.36. The molecule has 0 radical (unpaired) electrons. The van der Waals surface area contributed by atoms with Gasteiger partial charge in [-0.3, -0.25) is 4.79 Å². The molecule has 0 bridgehead atoms. The lowest BCUT2D eigenvalue weighted by Gasteiger charge is -2.32. The van der Waals surface area contributed by atoms with Crippen LogP contribution in [-0.2, 0) is 21.4 Å². The summed E-state index contributed by atoms with van der Waals surface area (Å²) in [5.74, 6) is -1.35. The lowest BCUT2D eigenvalue weighted by atomic mass is 9.96. The van der Waals surface area contributed by atoms with Crippen LogP contribution in [0.2, 0.25) is 0 Å². The number of nitrogens with zero attached hydrogens (tertiary/aromatic N) is 2. The van der Waals surface area contributed by atoms with Crippen molar-refractivity contribution < 1.29 is 31.5 Å². The van der Waals surface area contributed by atoms with Crippen molar-refractivity contribution in [3.8, 4) is 11.5 Å². The second-order valence-corrected chi connectivity index (χ2v) is 9.86. The number of fused-ring (bicyclic) bond motifs is 1. The second kappa shape index (κ2) is 9.03. The van der Waals surface area contributed by atoms with E-state index in [2.05, 4.69) is 0 Å². The summed E-state index contributed by atoms with van der Waals surface area (Å²) in [4.78, 5) is 14.2. The molecule has 0 aliphatic carbocycles. The van der Waals surface area contributed by atoms with E-state index in [9.17, 15) is 22.0 Å². The van der Waals surface area contributed by atoms with Gasteiger partial charge in [-0.1, -0.05) is 6.07 Å². The van der Waals surface area contributed by atoms with Crippen molar-refractivity contribution in [1.29, 1.82) is 0 Å². The Morgan fingerprint density at radius 2 is 1.72 bits per heavy atom. The molecule has 2 aliphatic heterocycles. The quantitative estimate of drug-likeness (QED) is 0.678. The zero-order valence-electron chi connectivity index (χ0n) is 17.6. The van der Waals surface area contributed by atoms with Gasteiger partial charge in [0.2, 0.25) is 15.9 Å². The van der Waals surface area contributed by atoms with Crippen LogP contribution < -0.4 is 9.47 Å². The van der Waals surface area contributed by atoms with Gasteiger partial charge in [0.05, 0.1) is 4.90 Å². The molecule has 32 heavy (non-hydrogen) atoms. The summed E-state index contributed by atoms with van der Waals surface area (Å²) in [6, 6.07) is 8.09. The fourth-order valence-electron chi connectivity index (χ4n) is 3.98. The number of amides is 1. The monoisotopic (exact) mass is 466 g/mol. The minimum Gasteiger partial charge on any atom is -0.486 e. The van der Waals surface area contributed by atoms with Crippen molar-refractivity contribution in [1.82, 2.24) is 9.21 Å². The van der Waals surface area contributed by atoms with Crippen LogP contribution in [0.5, 0.6) is 11.5 Å². The molecule has 7 nitrogen and oxygen atoms in total. The Hall–Kier alpha value is -2.72. The van der Waals surface area contributed by atoms with Crippen molar-refractivity contribution in [2.45, 2.75) is 24.3 Å². The third kappa shape index (κ3) is 4.56. The summed E-state index contributed by atoms with van der Waals surface area (Å²) in [7, 11) is -2.24. The van der Waals surface area contributed by atoms with Crippen LogP contribution in [0, 0.1) is 17.6 Å². The van der Waals surface area contributed by atoms with E-state index < -0.39 is 21.7 Å². The first-order valence-corrected chi connectivity index (χ1v) is 11.8. The fourth-order valence-corrected chi connectivity index (χ4v) is 5.46. The van der Waals surface area contributed by atoms with Gasteiger partial charge in [0.15, 0.2) is 23.1 Å². The molecular weight excluding hydrogens is 442 g/mol. The van der Waals surface area contributed by atoms with Crippen LogP contribution in [0.25, 0.3) is 0 Å². The lowest BCUT2D eigenvalue weighted by Crippen LogP contribution is -2.43. The van der Waals surface area contributed by atoms with Crippen molar-refractivity contribution in [2.24, 2.45) is 5.92 Å². The molecule has 1 saturated heterocycles. The number of carbonyl (C=O) groups excluding carboxylic acids is 1. The molecule has 1 fully saturated rings. The summed E-state index contributed by atoms with van der Waals surface area (Å²) >= 11 is 0. The standard InChI is InChI=1S/C22H24F2N2O5S/c1-25(14-15-2-5-20-21(12-15)31-11-10-30-20)22(27)16-6-8-26(9-7-16)32(28,29)17-3-4-18(23)19(24)13-17/h2-5,12-13,16H,6-11,14H2,1H3. The maximum Gasteiger partial charge on any atom is 0.243 e. The topological polar surface area (TPSA) is 76.2 Å².